The van der Waals surface area contributed by atoms with Crippen LogP contribution in [0.5, 0.6) is 0 Å². The van der Waals surface area contributed by atoms with Crippen LogP contribution in [0.2, 0.25) is 0 Å². The van der Waals surface area contributed by atoms with Crippen molar-refractivity contribution in [3.8, 4) is 21.8 Å². The van der Waals surface area contributed by atoms with Crippen LogP contribution in [0, 0.1) is 0 Å². The summed E-state index contributed by atoms with van der Waals surface area (Å²) in [6, 6.07) is 10.4. The van der Waals surface area contributed by atoms with Crippen molar-refractivity contribution in [3.05, 3.63) is 54.2 Å². The highest BCUT2D eigenvalue weighted by Gasteiger charge is 2.18. The van der Waals surface area contributed by atoms with Crippen LogP contribution < -0.4 is 5.30 Å². The van der Waals surface area contributed by atoms with E-state index in [9.17, 15) is 14.4 Å². The zero-order valence-corrected chi connectivity index (χ0v) is 12.5. The van der Waals surface area contributed by atoms with Gasteiger partial charge >= 0.3 is 7.60 Å². The number of nitrogens with zero attached hydrogens (tertiary/aromatic N) is 2. The topological polar surface area (TPSA) is 83.3 Å². The molecule has 3 heterocycles. The van der Waals surface area contributed by atoms with Crippen LogP contribution in [0.15, 0.2) is 54.2 Å². The number of rotatable bonds is 3. The number of pyridine rings is 2. The Labute approximate surface area is 125 Å². The number of thiophene rings is 1. The summed E-state index contributed by atoms with van der Waals surface area (Å²) in [4.78, 5) is 27.9. The van der Waals surface area contributed by atoms with Gasteiger partial charge in [0.1, 0.15) is 0 Å². The molecule has 0 aliphatic heterocycles. The summed E-state index contributed by atoms with van der Waals surface area (Å²) in [6.07, 6.45) is 3.04. The van der Waals surface area contributed by atoms with Crippen molar-refractivity contribution in [2.45, 2.75) is 0 Å². The van der Waals surface area contributed by atoms with Crippen LogP contribution in [0.25, 0.3) is 21.8 Å². The predicted molar refractivity (Wildman–Crippen MR) is 82.5 cm³/mol. The van der Waals surface area contributed by atoms with Gasteiger partial charge in [-0.1, -0.05) is 6.07 Å². The lowest BCUT2D eigenvalue weighted by molar-refractivity contribution is 0.387. The molecular weight excluding hydrogens is 307 g/mol. The summed E-state index contributed by atoms with van der Waals surface area (Å²) in [7, 11) is -4.29. The van der Waals surface area contributed by atoms with E-state index in [0.29, 0.717) is 11.4 Å². The lowest BCUT2D eigenvalue weighted by Gasteiger charge is -2.06. The molecular formula is C14H11N2O3PS. The Morgan fingerprint density at radius 2 is 1.71 bits per heavy atom. The van der Waals surface area contributed by atoms with Gasteiger partial charge in [0.05, 0.1) is 16.7 Å². The number of aromatic nitrogens is 2. The van der Waals surface area contributed by atoms with Crippen LogP contribution >= 0.6 is 18.9 Å². The molecule has 0 saturated carbocycles. The van der Waals surface area contributed by atoms with E-state index in [4.69, 9.17) is 0 Å². The quantitative estimate of drug-likeness (QED) is 0.725. The second-order valence-electron chi connectivity index (χ2n) is 4.35. The minimum atomic E-state index is -4.29. The van der Waals surface area contributed by atoms with Crippen molar-refractivity contribution in [3.63, 3.8) is 0 Å². The maximum Gasteiger partial charge on any atom is 0.356 e. The minimum absolute atomic E-state index is 0.0594. The molecule has 0 fully saturated rings. The predicted octanol–water partition coefficient (Wildman–Crippen LogP) is 2.68. The molecule has 21 heavy (non-hydrogen) atoms. The highest BCUT2D eigenvalue weighted by molar-refractivity contribution is 7.60. The van der Waals surface area contributed by atoms with Crippen molar-refractivity contribution >= 4 is 24.2 Å². The average molecular weight is 318 g/mol. The first-order valence-electron chi connectivity index (χ1n) is 6.06. The lowest BCUT2D eigenvalue weighted by Crippen LogP contribution is -2.05. The van der Waals surface area contributed by atoms with Gasteiger partial charge in [0.15, 0.2) is 0 Å². The molecule has 7 heteroatoms. The molecule has 2 N–H and O–H groups in total. The van der Waals surface area contributed by atoms with Crippen LogP contribution in [-0.2, 0) is 4.57 Å². The lowest BCUT2D eigenvalue weighted by atomic mass is 10.1. The first kappa shape index (κ1) is 14.1. The van der Waals surface area contributed by atoms with Crippen molar-refractivity contribution in [2.75, 3.05) is 0 Å². The van der Waals surface area contributed by atoms with E-state index in [-0.39, 0.29) is 5.30 Å². The number of hydrogen-bond donors (Lipinski definition) is 2. The molecule has 3 aromatic heterocycles. The highest BCUT2D eigenvalue weighted by atomic mass is 32.1. The van der Waals surface area contributed by atoms with Crippen molar-refractivity contribution in [1.29, 1.82) is 0 Å². The van der Waals surface area contributed by atoms with E-state index in [2.05, 4.69) is 9.97 Å². The second-order valence-corrected chi connectivity index (χ2v) is 6.90. The second kappa shape index (κ2) is 5.50. The molecule has 0 aliphatic rings. The van der Waals surface area contributed by atoms with E-state index in [1.807, 2.05) is 29.6 Å². The fourth-order valence-electron chi connectivity index (χ4n) is 1.91. The largest absolute Gasteiger partial charge is 0.356 e. The maximum absolute atomic E-state index is 11.3. The Morgan fingerprint density at radius 1 is 1.00 bits per heavy atom. The molecule has 0 unspecified atom stereocenters. The molecule has 0 saturated heterocycles. The van der Waals surface area contributed by atoms with Gasteiger partial charge in [0.2, 0.25) is 0 Å². The van der Waals surface area contributed by atoms with E-state index >= 15 is 0 Å². The Kier molecular flexibility index (Phi) is 3.69. The SMILES string of the molecule is O=P(O)(O)c1ccnc(-c2cc(-c3cccs3)ccn2)c1. The Morgan fingerprint density at radius 3 is 2.38 bits per heavy atom. The molecule has 106 valence electrons. The first-order chi connectivity index (χ1) is 10.0. The van der Waals surface area contributed by atoms with Gasteiger partial charge in [-0.05, 0) is 41.3 Å². The van der Waals surface area contributed by atoms with Gasteiger partial charge in [0, 0.05) is 17.3 Å². The fraction of sp³-hybridized carbons (Fsp3) is 0. The van der Waals surface area contributed by atoms with Gasteiger partial charge in [-0.25, -0.2) is 0 Å². The molecule has 3 aromatic rings. The standard InChI is InChI=1S/C14H11N2O3PS/c17-20(18,19)11-4-6-16-13(9-11)12-8-10(3-5-15-12)14-2-1-7-21-14/h1-9H,(H2,17,18,19). The normalized spacial score (nSPS) is 11.5. The molecule has 0 bridgehead atoms. The van der Waals surface area contributed by atoms with Crippen molar-refractivity contribution in [1.82, 2.24) is 9.97 Å². The van der Waals surface area contributed by atoms with Crippen LogP contribution in [0.3, 0.4) is 0 Å². The molecule has 0 aromatic carbocycles. The smallest absolute Gasteiger partial charge is 0.321 e. The summed E-state index contributed by atoms with van der Waals surface area (Å²) in [6.45, 7) is 0. The van der Waals surface area contributed by atoms with Crippen LogP contribution in [-0.4, -0.2) is 19.8 Å². The molecule has 0 amide bonds. The van der Waals surface area contributed by atoms with Gasteiger partial charge in [0.25, 0.3) is 0 Å². The van der Waals surface area contributed by atoms with E-state index in [0.717, 1.165) is 10.4 Å². The van der Waals surface area contributed by atoms with Gasteiger partial charge in [-0.3, -0.25) is 14.5 Å². The Bertz CT molecular complexity index is 815. The summed E-state index contributed by atoms with van der Waals surface area (Å²) in [5.41, 5.74) is 2.02. The zero-order valence-electron chi connectivity index (χ0n) is 10.7. The third-order valence-corrected chi connectivity index (χ3v) is 4.78. The van der Waals surface area contributed by atoms with Crippen molar-refractivity contribution < 1.29 is 14.4 Å². The molecule has 5 nitrogen and oxygen atoms in total. The monoisotopic (exact) mass is 318 g/mol. The van der Waals surface area contributed by atoms with Crippen LogP contribution in [0.4, 0.5) is 0 Å². The minimum Gasteiger partial charge on any atom is -0.321 e. The fourth-order valence-corrected chi connectivity index (χ4v) is 3.18. The van der Waals surface area contributed by atoms with E-state index < -0.39 is 7.60 Å². The molecule has 3 rings (SSSR count). The summed E-state index contributed by atoms with van der Waals surface area (Å²) < 4.78 is 11.3. The molecule has 0 spiro atoms. The summed E-state index contributed by atoms with van der Waals surface area (Å²) in [5.74, 6) is 0. The van der Waals surface area contributed by atoms with Crippen LogP contribution in [0.1, 0.15) is 0 Å². The Hall–Kier alpha value is -1.85. The van der Waals surface area contributed by atoms with Gasteiger partial charge < -0.3 is 9.79 Å². The molecule has 0 aliphatic carbocycles. The maximum atomic E-state index is 11.3. The summed E-state index contributed by atoms with van der Waals surface area (Å²) in [5, 5.41) is 1.93. The van der Waals surface area contributed by atoms with E-state index in [1.165, 1.54) is 18.3 Å². The Balaban J connectivity index is 2.05. The average Bonchev–Trinajstić information content (AvgIpc) is 3.01. The van der Waals surface area contributed by atoms with Gasteiger partial charge in [-0.2, -0.15) is 0 Å². The zero-order chi connectivity index (χ0) is 14.9. The van der Waals surface area contributed by atoms with Crippen molar-refractivity contribution in [2.24, 2.45) is 0 Å². The summed E-state index contributed by atoms with van der Waals surface area (Å²) >= 11 is 1.61. The molecule has 0 atom stereocenters. The van der Waals surface area contributed by atoms with E-state index in [1.54, 1.807) is 17.5 Å². The third kappa shape index (κ3) is 3.09. The highest BCUT2D eigenvalue weighted by Crippen LogP contribution is 2.34. The number of hydrogen-bond acceptors (Lipinski definition) is 4. The third-order valence-electron chi connectivity index (χ3n) is 2.91. The molecule has 0 radical (unpaired) electrons. The first-order valence-corrected chi connectivity index (χ1v) is 8.56. The van der Waals surface area contributed by atoms with Gasteiger partial charge in [-0.15, -0.1) is 11.3 Å².